The van der Waals surface area contributed by atoms with Crippen LogP contribution in [-0.4, -0.2) is 31.8 Å². The van der Waals surface area contributed by atoms with Gasteiger partial charge >= 0.3 is 5.69 Å². The number of hydrogen-bond donors (Lipinski definition) is 1. The molecule has 6 heteroatoms. The number of nitrogens with one attached hydrogen (secondary N) is 1. The zero-order valence-electron chi connectivity index (χ0n) is 10.6. The third-order valence-corrected chi connectivity index (χ3v) is 2.52. The SMILES string of the molecule is C=C(CNC(C)C)Cn1nc2cnccn2c1=O. The summed E-state index contributed by atoms with van der Waals surface area (Å²) >= 11 is 0. The Bertz CT molecular complexity index is 610. The number of rotatable bonds is 5. The minimum absolute atomic E-state index is 0.168. The summed E-state index contributed by atoms with van der Waals surface area (Å²) in [5.41, 5.74) is 1.30. The number of aromatic nitrogens is 4. The molecule has 96 valence electrons. The predicted octanol–water partition coefficient (Wildman–Crippen LogP) is 0.445. The molecule has 2 heterocycles. The molecule has 0 atom stereocenters. The molecule has 0 aliphatic carbocycles. The van der Waals surface area contributed by atoms with Crippen LogP contribution < -0.4 is 11.0 Å². The van der Waals surface area contributed by atoms with E-state index in [1.54, 1.807) is 18.6 Å². The van der Waals surface area contributed by atoms with Gasteiger partial charge in [-0.05, 0) is 5.57 Å². The van der Waals surface area contributed by atoms with Crippen molar-refractivity contribution in [1.29, 1.82) is 0 Å². The average molecular weight is 247 g/mol. The first-order chi connectivity index (χ1) is 8.58. The van der Waals surface area contributed by atoms with Crippen molar-refractivity contribution in [3.8, 4) is 0 Å². The van der Waals surface area contributed by atoms with E-state index in [0.717, 1.165) is 5.57 Å². The quantitative estimate of drug-likeness (QED) is 0.779. The van der Waals surface area contributed by atoms with E-state index in [9.17, 15) is 4.79 Å². The molecule has 0 aliphatic rings. The Labute approximate surface area is 105 Å². The fraction of sp³-hybridized carbons (Fsp3) is 0.417. The molecular weight excluding hydrogens is 230 g/mol. The minimum atomic E-state index is -0.168. The molecule has 0 aliphatic heterocycles. The van der Waals surface area contributed by atoms with Crippen LogP contribution in [0.4, 0.5) is 0 Å². The number of fused-ring (bicyclic) bond motifs is 1. The van der Waals surface area contributed by atoms with Crippen molar-refractivity contribution in [2.24, 2.45) is 0 Å². The molecule has 18 heavy (non-hydrogen) atoms. The topological polar surface area (TPSA) is 64.2 Å². The lowest BCUT2D eigenvalue weighted by atomic mass is 10.3. The predicted molar refractivity (Wildman–Crippen MR) is 69.5 cm³/mol. The molecule has 0 unspecified atom stereocenters. The summed E-state index contributed by atoms with van der Waals surface area (Å²) in [5, 5.41) is 7.45. The normalized spacial score (nSPS) is 11.3. The van der Waals surface area contributed by atoms with E-state index in [4.69, 9.17) is 0 Å². The van der Waals surface area contributed by atoms with Gasteiger partial charge in [-0.15, -0.1) is 5.10 Å². The van der Waals surface area contributed by atoms with E-state index in [1.807, 2.05) is 0 Å². The first-order valence-corrected chi connectivity index (χ1v) is 5.87. The van der Waals surface area contributed by atoms with Gasteiger partial charge in [-0.25, -0.2) is 13.9 Å². The maximum absolute atomic E-state index is 12.0. The Morgan fingerprint density at radius 3 is 3.00 bits per heavy atom. The van der Waals surface area contributed by atoms with Gasteiger partial charge in [-0.2, -0.15) is 0 Å². The van der Waals surface area contributed by atoms with Gasteiger partial charge in [0.25, 0.3) is 0 Å². The van der Waals surface area contributed by atoms with Crippen LogP contribution in [0.1, 0.15) is 13.8 Å². The second-order valence-corrected chi connectivity index (χ2v) is 4.53. The summed E-state index contributed by atoms with van der Waals surface area (Å²) < 4.78 is 2.87. The van der Waals surface area contributed by atoms with Crippen LogP contribution in [0.2, 0.25) is 0 Å². The summed E-state index contributed by atoms with van der Waals surface area (Å²) in [4.78, 5) is 15.9. The molecule has 0 spiro atoms. The third-order valence-electron chi connectivity index (χ3n) is 2.52. The van der Waals surface area contributed by atoms with Gasteiger partial charge in [-0.1, -0.05) is 20.4 Å². The van der Waals surface area contributed by atoms with Gasteiger partial charge < -0.3 is 5.32 Å². The summed E-state index contributed by atoms with van der Waals surface area (Å²) in [5.74, 6) is 0. The van der Waals surface area contributed by atoms with Crippen LogP contribution >= 0.6 is 0 Å². The molecule has 0 bridgehead atoms. The largest absolute Gasteiger partial charge is 0.350 e. The van der Waals surface area contributed by atoms with E-state index in [1.165, 1.54) is 9.08 Å². The highest BCUT2D eigenvalue weighted by atomic mass is 16.2. The second kappa shape index (κ2) is 5.14. The van der Waals surface area contributed by atoms with Crippen LogP contribution in [0.15, 0.2) is 35.5 Å². The lowest BCUT2D eigenvalue weighted by Gasteiger charge is -2.09. The maximum Gasteiger partial charge on any atom is 0.350 e. The Balaban J connectivity index is 2.15. The molecule has 2 aromatic rings. The van der Waals surface area contributed by atoms with Gasteiger partial charge in [-0.3, -0.25) is 4.98 Å². The Kier molecular flexibility index (Phi) is 3.57. The van der Waals surface area contributed by atoms with E-state index < -0.39 is 0 Å². The van der Waals surface area contributed by atoms with E-state index in [2.05, 4.69) is 35.8 Å². The number of nitrogens with zero attached hydrogens (tertiary/aromatic N) is 4. The van der Waals surface area contributed by atoms with Gasteiger partial charge in [0.15, 0.2) is 5.65 Å². The molecule has 2 rings (SSSR count). The lowest BCUT2D eigenvalue weighted by molar-refractivity contribution is 0.581. The van der Waals surface area contributed by atoms with Crippen LogP contribution in [0.25, 0.3) is 5.65 Å². The molecule has 0 saturated heterocycles. The van der Waals surface area contributed by atoms with Crippen molar-refractivity contribution < 1.29 is 0 Å². The fourth-order valence-corrected chi connectivity index (χ4v) is 1.60. The summed E-state index contributed by atoms with van der Waals surface area (Å²) in [6, 6.07) is 0.392. The van der Waals surface area contributed by atoms with Gasteiger partial charge in [0, 0.05) is 25.0 Å². The third kappa shape index (κ3) is 2.65. The molecule has 0 amide bonds. The van der Waals surface area contributed by atoms with Crippen LogP contribution in [0.5, 0.6) is 0 Å². The van der Waals surface area contributed by atoms with Crippen molar-refractivity contribution in [3.63, 3.8) is 0 Å². The first kappa shape index (κ1) is 12.5. The summed E-state index contributed by atoms with van der Waals surface area (Å²) in [7, 11) is 0. The van der Waals surface area contributed by atoms with Crippen molar-refractivity contribution >= 4 is 5.65 Å². The van der Waals surface area contributed by atoms with E-state index in [0.29, 0.717) is 24.8 Å². The Morgan fingerprint density at radius 2 is 2.33 bits per heavy atom. The molecule has 2 aromatic heterocycles. The second-order valence-electron chi connectivity index (χ2n) is 4.53. The molecule has 0 aromatic carbocycles. The van der Waals surface area contributed by atoms with Crippen LogP contribution in [0, 0.1) is 0 Å². The van der Waals surface area contributed by atoms with Crippen molar-refractivity contribution in [2.45, 2.75) is 26.4 Å². The Hall–Kier alpha value is -1.95. The highest BCUT2D eigenvalue weighted by Gasteiger charge is 2.07. The molecular formula is C12H17N5O. The van der Waals surface area contributed by atoms with Gasteiger partial charge in [0.1, 0.15) is 0 Å². The van der Waals surface area contributed by atoms with Crippen molar-refractivity contribution in [2.75, 3.05) is 6.54 Å². The smallest absolute Gasteiger partial charge is 0.311 e. The van der Waals surface area contributed by atoms with Crippen LogP contribution in [0.3, 0.4) is 0 Å². The lowest BCUT2D eigenvalue weighted by Crippen LogP contribution is -2.28. The van der Waals surface area contributed by atoms with Gasteiger partial charge in [0.2, 0.25) is 0 Å². The highest BCUT2D eigenvalue weighted by molar-refractivity contribution is 5.31. The van der Waals surface area contributed by atoms with E-state index >= 15 is 0 Å². The summed E-state index contributed by atoms with van der Waals surface area (Å²) in [6.45, 7) is 9.17. The first-order valence-electron chi connectivity index (χ1n) is 5.87. The standard InChI is InChI=1S/C12H17N5O/c1-9(2)14-6-10(3)8-17-12(18)16-5-4-13-7-11(16)15-17/h4-5,7,9,14H,3,6,8H2,1-2H3. The van der Waals surface area contributed by atoms with Crippen LogP contribution in [-0.2, 0) is 6.54 Å². The van der Waals surface area contributed by atoms with Gasteiger partial charge in [0.05, 0.1) is 12.7 Å². The molecule has 6 nitrogen and oxygen atoms in total. The highest BCUT2D eigenvalue weighted by Crippen LogP contribution is 1.96. The average Bonchev–Trinajstić information content (AvgIpc) is 2.65. The minimum Gasteiger partial charge on any atom is -0.311 e. The summed E-state index contributed by atoms with van der Waals surface area (Å²) in [6.07, 6.45) is 4.74. The Morgan fingerprint density at radius 1 is 1.56 bits per heavy atom. The fourth-order valence-electron chi connectivity index (χ4n) is 1.60. The molecule has 0 saturated carbocycles. The zero-order valence-corrected chi connectivity index (χ0v) is 10.6. The monoisotopic (exact) mass is 247 g/mol. The van der Waals surface area contributed by atoms with E-state index in [-0.39, 0.29) is 5.69 Å². The molecule has 0 fully saturated rings. The van der Waals surface area contributed by atoms with Crippen molar-refractivity contribution in [1.82, 2.24) is 24.5 Å². The maximum atomic E-state index is 12.0. The molecule has 1 N–H and O–H groups in total. The zero-order chi connectivity index (χ0) is 13.1. The van der Waals surface area contributed by atoms with Crippen molar-refractivity contribution in [3.05, 3.63) is 41.2 Å². The molecule has 0 radical (unpaired) electrons. The number of hydrogen-bond acceptors (Lipinski definition) is 4.